The molecule has 1 rings (SSSR count). The number of hydrogen-bond acceptors (Lipinski definition) is 5. The Morgan fingerprint density at radius 1 is 1.16 bits per heavy atom. The summed E-state index contributed by atoms with van der Waals surface area (Å²) in [5, 5.41) is 11.9. The Bertz CT molecular complexity index is 776. The van der Waals surface area contributed by atoms with E-state index in [0.29, 0.717) is 13.1 Å². The summed E-state index contributed by atoms with van der Waals surface area (Å²) < 4.78 is 10.6. The summed E-state index contributed by atoms with van der Waals surface area (Å²) in [5.41, 5.74) is 1.80. The van der Waals surface area contributed by atoms with Crippen molar-refractivity contribution in [1.82, 2.24) is 10.2 Å². The van der Waals surface area contributed by atoms with Crippen LogP contribution >= 0.6 is 23.2 Å². The molecule has 8 nitrogen and oxygen atoms in total. The second-order valence-corrected chi connectivity index (χ2v) is 9.08. The zero-order chi connectivity index (χ0) is 24.3. The summed E-state index contributed by atoms with van der Waals surface area (Å²) in [7, 11) is 0. The van der Waals surface area contributed by atoms with Gasteiger partial charge in [-0.2, -0.15) is 0 Å². The molecule has 180 valence electrons. The minimum absolute atomic E-state index is 0.0380. The van der Waals surface area contributed by atoms with E-state index in [9.17, 15) is 19.5 Å². The van der Waals surface area contributed by atoms with E-state index in [-0.39, 0.29) is 31.2 Å². The van der Waals surface area contributed by atoms with Crippen LogP contribution in [0.15, 0.2) is 18.2 Å². The van der Waals surface area contributed by atoms with Crippen LogP contribution in [-0.2, 0) is 27.3 Å². The number of aliphatic carboxylic acids is 1. The second-order valence-electron chi connectivity index (χ2n) is 8.33. The van der Waals surface area contributed by atoms with Gasteiger partial charge in [0.1, 0.15) is 12.2 Å². The predicted octanol–water partition coefficient (Wildman–Crippen LogP) is 4.32. The van der Waals surface area contributed by atoms with E-state index in [2.05, 4.69) is 5.32 Å². The van der Waals surface area contributed by atoms with Crippen molar-refractivity contribution in [2.75, 3.05) is 24.8 Å². The van der Waals surface area contributed by atoms with Gasteiger partial charge >= 0.3 is 18.2 Å². The van der Waals surface area contributed by atoms with E-state index in [1.807, 2.05) is 25.1 Å². The van der Waals surface area contributed by atoms with Gasteiger partial charge in [0.15, 0.2) is 0 Å². The van der Waals surface area contributed by atoms with E-state index in [1.165, 1.54) is 4.90 Å². The molecule has 0 aliphatic carbocycles. The molecule has 0 aromatic heterocycles. The third-order valence-electron chi connectivity index (χ3n) is 4.35. The first-order valence-electron chi connectivity index (χ1n) is 10.3. The topological polar surface area (TPSA) is 105 Å². The first-order chi connectivity index (χ1) is 14.9. The predicted molar refractivity (Wildman–Crippen MR) is 123 cm³/mol. The summed E-state index contributed by atoms with van der Waals surface area (Å²) in [4.78, 5) is 37.1. The monoisotopic (exact) mass is 490 g/mol. The number of rotatable bonds is 11. The Hall–Kier alpha value is -2.19. The zero-order valence-corrected chi connectivity index (χ0v) is 20.5. The molecule has 1 atom stereocenters. The van der Waals surface area contributed by atoms with Crippen molar-refractivity contribution in [3.8, 4) is 0 Å². The van der Waals surface area contributed by atoms with Crippen LogP contribution in [0.5, 0.6) is 0 Å². The molecule has 0 bridgehead atoms. The molecular weight excluding hydrogens is 459 g/mol. The van der Waals surface area contributed by atoms with Crippen molar-refractivity contribution in [1.29, 1.82) is 0 Å². The number of nitrogens with one attached hydrogen (secondary N) is 1. The normalized spacial score (nSPS) is 12.1. The van der Waals surface area contributed by atoms with E-state index in [0.717, 1.165) is 16.7 Å². The highest BCUT2D eigenvalue weighted by atomic mass is 35.5. The smallest absolute Gasteiger partial charge is 0.410 e. The summed E-state index contributed by atoms with van der Waals surface area (Å²) >= 11 is 11.4. The number of carboxylic acids is 1. The van der Waals surface area contributed by atoms with E-state index >= 15 is 0 Å². The average Bonchev–Trinajstić information content (AvgIpc) is 2.66. The molecule has 10 heteroatoms. The molecule has 2 amide bonds. The maximum absolute atomic E-state index is 12.2. The number of amides is 2. The highest BCUT2D eigenvalue weighted by Crippen LogP contribution is 2.17. The summed E-state index contributed by atoms with van der Waals surface area (Å²) in [6.07, 6.45) is -1.16. The van der Waals surface area contributed by atoms with Crippen LogP contribution in [0.4, 0.5) is 9.59 Å². The quantitative estimate of drug-likeness (QED) is 0.447. The van der Waals surface area contributed by atoms with Crippen LogP contribution in [-0.4, -0.2) is 64.7 Å². The minimum Gasteiger partial charge on any atom is -0.481 e. The van der Waals surface area contributed by atoms with Gasteiger partial charge in [-0.3, -0.25) is 4.79 Å². The summed E-state index contributed by atoms with van der Waals surface area (Å²) in [6.45, 7) is 7.79. The number of alkyl halides is 2. The Morgan fingerprint density at radius 3 is 2.31 bits per heavy atom. The molecule has 0 aliphatic rings. The van der Waals surface area contributed by atoms with Crippen LogP contribution in [0.25, 0.3) is 0 Å². The maximum atomic E-state index is 12.2. The van der Waals surface area contributed by atoms with Crippen molar-refractivity contribution in [3.63, 3.8) is 0 Å². The lowest BCUT2D eigenvalue weighted by Gasteiger charge is -2.23. The van der Waals surface area contributed by atoms with Gasteiger partial charge in [-0.25, -0.2) is 9.59 Å². The number of hydrogen-bond donors (Lipinski definition) is 2. The van der Waals surface area contributed by atoms with Gasteiger partial charge in [0, 0.05) is 30.9 Å². The molecular formula is C22H32Cl2N2O6. The number of benzene rings is 1. The van der Waals surface area contributed by atoms with Crippen LogP contribution in [0.2, 0.25) is 0 Å². The average molecular weight is 491 g/mol. The number of carboxylic acid groups (broad SMARTS) is 1. The second kappa shape index (κ2) is 13.4. The van der Waals surface area contributed by atoms with E-state index in [1.54, 1.807) is 20.8 Å². The molecule has 0 spiro atoms. The molecule has 0 fully saturated rings. The number of halogens is 2. The van der Waals surface area contributed by atoms with Gasteiger partial charge in [0.05, 0.1) is 6.42 Å². The maximum Gasteiger partial charge on any atom is 0.410 e. The zero-order valence-electron chi connectivity index (χ0n) is 19.0. The van der Waals surface area contributed by atoms with Gasteiger partial charge in [0.2, 0.25) is 0 Å². The van der Waals surface area contributed by atoms with E-state index < -0.39 is 29.8 Å². The fraction of sp³-hybridized carbons (Fsp3) is 0.591. The number of carbonyl (C=O) groups excluding carboxylic acids is 2. The lowest BCUT2D eigenvalue weighted by Crippen LogP contribution is -2.41. The third-order valence-corrected chi connectivity index (χ3v) is 4.69. The standard InChI is InChI=1S/C22H32Cl2N2O6/c1-15-5-6-16(14-31-21(30)26(9-7-23)10-8-24)11-17(15)12-18(13-19(27)28)25-20(29)32-22(2,3)4/h5-6,11,18H,7-10,12-14H2,1-4H3,(H,25,29)(H,27,28)/t18-/m0/s1. The van der Waals surface area contributed by atoms with Crippen LogP contribution < -0.4 is 5.32 Å². The first kappa shape index (κ1) is 27.8. The number of aryl methyl sites for hydroxylation is 1. The molecule has 0 unspecified atom stereocenters. The SMILES string of the molecule is Cc1ccc(COC(=O)N(CCCl)CCCl)cc1C[C@@H](CC(=O)O)NC(=O)OC(C)(C)C. The number of carbonyl (C=O) groups is 3. The summed E-state index contributed by atoms with van der Waals surface area (Å²) in [5.74, 6) is -0.487. The molecule has 2 N–H and O–H groups in total. The van der Waals surface area contributed by atoms with Crippen LogP contribution in [0.1, 0.15) is 43.9 Å². The molecule has 32 heavy (non-hydrogen) atoms. The first-order valence-corrected chi connectivity index (χ1v) is 11.4. The van der Waals surface area contributed by atoms with Crippen LogP contribution in [0.3, 0.4) is 0 Å². The van der Waals surface area contributed by atoms with Crippen molar-refractivity contribution in [2.24, 2.45) is 0 Å². The van der Waals surface area contributed by atoms with Gasteiger partial charge in [-0.15, -0.1) is 23.2 Å². The molecule has 1 aromatic rings. The Labute approximate surface area is 199 Å². The Morgan fingerprint density at radius 2 is 1.78 bits per heavy atom. The lowest BCUT2D eigenvalue weighted by molar-refractivity contribution is -0.137. The highest BCUT2D eigenvalue weighted by molar-refractivity contribution is 6.18. The van der Waals surface area contributed by atoms with Gasteiger partial charge < -0.3 is 24.8 Å². The van der Waals surface area contributed by atoms with Gasteiger partial charge in [-0.1, -0.05) is 18.2 Å². The Balaban J connectivity index is 2.87. The highest BCUT2D eigenvalue weighted by Gasteiger charge is 2.22. The fourth-order valence-electron chi connectivity index (χ4n) is 2.89. The van der Waals surface area contributed by atoms with Crippen molar-refractivity contribution >= 4 is 41.4 Å². The van der Waals surface area contributed by atoms with Crippen LogP contribution in [0, 0.1) is 6.92 Å². The largest absolute Gasteiger partial charge is 0.481 e. The van der Waals surface area contributed by atoms with Gasteiger partial charge in [-0.05, 0) is 50.8 Å². The number of alkyl carbamates (subject to hydrolysis) is 1. The van der Waals surface area contributed by atoms with Crippen molar-refractivity contribution in [3.05, 3.63) is 34.9 Å². The molecule has 0 heterocycles. The van der Waals surface area contributed by atoms with Gasteiger partial charge in [0.25, 0.3) is 0 Å². The summed E-state index contributed by atoms with van der Waals surface area (Å²) in [6, 6.07) is 4.86. The lowest BCUT2D eigenvalue weighted by atomic mass is 9.97. The molecule has 0 saturated heterocycles. The van der Waals surface area contributed by atoms with E-state index in [4.69, 9.17) is 32.7 Å². The molecule has 0 aliphatic heterocycles. The number of nitrogens with zero attached hydrogens (tertiary/aromatic N) is 1. The van der Waals surface area contributed by atoms with Crippen molar-refractivity contribution < 1.29 is 29.0 Å². The fourth-order valence-corrected chi connectivity index (χ4v) is 3.30. The third kappa shape index (κ3) is 10.9. The minimum atomic E-state index is -1.03. The number of ether oxygens (including phenoxy) is 2. The molecule has 1 aromatic carbocycles. The molecule has 0 radical (unpaired) electrons. The molecule has 0 saturated carbocycles. The Kier molecular flexibility index (Phi) is 11.6. The van der Waals surface area contributed by atoms with Crippen molar-refractivity contribution in [2.45, 2.75) is 58.8 Å².